The van der Waals surface area contributed by atoms with Crippen LogP contribution in [0.1, 0.15) is 37.4 Å². The highest BCUT2D eigenvalue weighted by atomic mass is 35.5. The molecule has 2 aromatic rings. The third kappa shape index (κ3) is 7.41. The van der Waals surface area contributed by atoms with E-state index in [1.807, 2.05) is 13.0 Å². The summed E-state index contributed by atoms with van der Waals surface area (Å²) in [6, 6.07) is 10.5. The number of rotatable bonds is 10. The highest BCUT2D eigenvalue weighted by Crippen LogP contribution is 2.23. The number of hydrogen-bond donors (Lipinski definition) is 0. The maximum absolute atomic E-state index is 12.8. The quantitative estimate of drug-likeness (QED) is 0.507. The first-order valence-corrected chi connectivity index (χ1v) is 11.7. The Labute approximate surface area is 176 Å². The van der Waals surface area contributed by atoms with Crippen LogP contribution in [0.15, 0.2) is 42.6 Å². The molecule has 0 bridgehead atoms. The Morgan fingerprint density at radius 1 is 1.07 bits per heavy atom. The van der Waals surface area contributed by atoms with Crippen LogP contribution in [0.3, 0.4) is 0 Å². The van der Waals surface area contributed by atoms with Gasteiger partial charge in [0.1, 0.15) is 5.75 Å². The fourth-order valence-electron chi connectivity index (χ4n) is 2.70. The Hall–Kier alpha value is -1.63. The van der Waals surface area contributed by atoms with E-state index in [1.54, 1.807) is 36.5 Å². The minimum atomic E-state index is -3.46. The molecule has 5 nitrogen and oxygen atoms in total. The van der Waals surface area contributed by atoms with Crippen LogP contribution in [0.4, 0.5) is 0 Å². The number of unbranched alkanes of at least 4 members (excludes halogenated alkanes) is 2. The van der Waals surface area contributed by atoms with Gasteiger partial charge >= 0.3 is 0 Å². The van der Waals surface area contributed by atoms with Gasteiger partial charge in [0.05, 0.1) is 28.0 Å². The van der Waals surface area contributed by atoms with Crippen LogP contribution in [0, 0.1) is 0 Å². The summed E-state index contributed by atoms with van der Waals surface area (Å²) in [4.78, 5) is 18.5. The topological polar surface area (TPSA) is 67.3 Å². The first-order chi connectivity index (χ1) is 13.3. The van der Waals surface area contributed by atoms with Gasteiger partial charge in [0.25, 0.3) is 0 Å². The van der Waals surface area contributed by atoms with E-state index in [2.05, 4.69) is 4.98 Å². The summed E-state index contributed by atoms with van der Waals surface area (Å²) in [7, 11) is -3.46. The number of hydrogen-bond acceptors (Lipinski definition) is 4. The monoisotopic (exact) mass is 442 g/mol. The summed E-state index contributed by atoms with van der Waals surface area (Å²) in [5.41, 5.74) is 1.45. The maximum atomic E-state index is 12.8. The molecule has 152 valence electrons. The van der Waals surface area contributed by atoms with Gasteiger partial charge in [0, 0.05) is 12.7 Å². The molecule has 1 heterocycles. The number of carbonyl (C=O) groups excluding carboxylic acids is 1. The molecule has 1 aromatic heterocycles. The fourth-order valence-corrected chi connectivity index (χ4v) is 4.37. The van der Waals surface area contributed by atoms with Crippen molar-refractivity contribution in [3.8, 4) is 0 Å². The van der Waals surface area contributed by atoms with Crippen LogP contribution < -0.4 is 0 Å². The molecule has 2 rings (SSSR count). The van der Waals surface area contributed by atoms with Crippen LogP contribution in [0.2, 0.25) is 10.0 Å². The van der Waals surface area contributed by atoms with Crippen molar-refractivity contribution in [2.75, 3.05) is 11.5 Å². The van der Waals surface area contributed by atoms with Gasteiger partial charge in [-0.1, -0.05) is 55.1 Å². The lowest BCUT2D eigenvalue weighted by molar-refractivity contribution is -0.129. The zero-order valence-corrected chi connectivity index (χ0v) is 18.1. The van der Waals surface area contributed by atoms with Gasteiger partial charge in [0.15, 0.2) is 9.84 Å². The van der Waals surface area contributed by atoms with Crippen molar-refractivity contribution < 1.29 is 13.2 Å². The molecule has 0 aliphatic carbocycles. The molecular formula is C20H24Cl2N2O3S. The number of amides is 1. The number of halogens is 2. The lowest BCUT2D eigenvalue weighted by Crippen LogP contribution is -2.35. The van der Waals surface area contributed by atoms with Gasteiger partial charge in [-0.05, 0) is 36.2 Å². The molecule has 1 aromatic carbocycles. The zero-order chi connectivity index (χ0) is 20.6. The number of sulfone groups is 1. The van der Waals surface area contributed by atoms with Gasteiger partial charge in [0.2, 0.25) is 5.91 Å². The van der Waals surface area contributed by atoms with E-state index >= 15 is 0 Å². The maximum Gasteiger partial charge on any atom is 0.238 e. The summed E-state index contributed by atoms with van der Waals surface area (Å²) < 4.78 is 24.6. The van der Waals surface area contributed by atoms with Crippen molar-refractivity contribution >= 4 is 38.9 Å². The van der Waals surface area contributed by atoms with Crippen molar-refractivity contribution in [2.45, 2.75) is 39.3 Å². The van der Waals surface area contributed by atoms with E-state index in [-0.39, 0.29) is 18.8 Å². The van der Waals surface area contributed by atoms with Crippen LogP contribution >= 0.6 is 23.2 Å². The van der Waals surface area contributed by atoms with E-state index in [4.69, 9.17) is 23.2 Å². The summed E-state index contributed by atoms with van der Waals surface area (Å²) in [6.45, 7) is 2.44. The summed E-state index contributed by atoms with van der Waals surface area (Å²) in [5.74, 6) is -0.935. The molecule has 1 amide bonds. The van der Waals surface area contributed by atoms with Crippen molar-refractivity contribution in [3.05, 3.63) is 63.9 Å². The van der Waals surface area contributed by atoms with E-state index in [0.29, 0.717) is 22.2 Å². The van der Waals surface area contributed by atoms with Crippen LogP contribution in [0.5, 0.6) is 0 Å². The molecule has 0 atom stereocenters. The number of benzene rings is 1. The molecule has 0 radical (unpaired) electrons. The second-order valence-corrected chi connectivity index (χ2v) is 9.62. The molecule has 28 heavy (non-hydrogen) atoms. The van der Waals surface area contributed by atoms with E-state index in [0.717, 1.165) is 18.4 Å². The molecule has 0 aliphatic rings. The third-order valence-corrected chi connectivity index (χ3v) is 6.53. The summed E-state index contributed by atoms with van der Waals surface area (Å²) in [5, 5.41) is 0.808. The molecule has 0 saturated carbocycles. The smallest absolute Gasteiger partial charge is 0.238 e. The fraction of sp³-hybridized carbons (Fsp3) is 0.400. The van der Waals surface area contributed by atoms with Crippen LogP contribution in [0.25, 0.3) is 0 Å². The van der Waals surface area contributed by atoms with Crippen molar-refractivity contribution in [1.29, 1.82) is 0 Å². The Balaban J connectivity index is 2.16. The predicted octanol–water partition coefficient (Wildman–Crippen LogP) is 4.52. The standard InChI is InChI=1S/C20H24Cl2N2O3S/c1-2-3-6-11-28(26,27)15-20(25)24(14-17-7-4-5-10-23-17)13-16-8-9-18(21)19(22)12-16/h4-5,7-10,12H,2-3,6,11,13-15H2,1H3. The molecule has 0 N–H and O–H groups in total. The summed E-state index contributed by atoms with van der Waals surface area (Å²) >= 11 is 12.0. The zero-order valence-electron chi connectivity index (χ0n) is 15.8. The number of nitrogens with zero attached hydrogens (tertiary/aromatic N) is 2. The molecule has 8 heteroatoms. The normalized spacial score (nSPS) is 11.4. The molecule has 0 spiro atoms. The predicted molar refractivity (Wildman–Crippen MR) is 113 cm³/mol. The highest BCUT2D eigenvalue weighted by molar-refractivity contribution is 7.92. The van der Waals surface area contributed by atoms with Crippen LogP contribution in [-0.2, 0) is 27.7 Å². The van der Waals surface area contributed by atoms with Crippen molar-refractivity contribution in [2.24, 2.45) is 0 Å². The lowest BCUT2D eigenvalue weighted by atomic mass is 10.2. The Morgan fingerprint density at radius 2 is 1.86 bits per heavy atom. The largest absolute Gasteiger partial charge is 0.332 e. The minimum Gasteiger partial charge on any atom is -0.332 e. The first kappa shape index (κ1) is 22.7. The second kappa shape index (κ2) is 10.8. The first-order valence-electron chi connectivity index (χ1n) is 9.13. The minimum absolute atomic E-state index is 0.0246. The SMILES string of the molecule is CCCCCS(=O)(=O)CC(=O)N(Cc1ccc(Cl)c(Cl)c1)Cc1ccccn1. The molecular weight excluding hydrogens is 419 g/mol. The average molecular weight is 443 g/mol. The van der Waals surface area contributed by atoms with Crippen molar-refractivity contribution in [3.63, 3.8) is 0 Å². The van der Waals surface area contributed by atoms with Crippen molar-refractivity contribution in [1.82, 2.24) is 9.88 Å². The van der Waals surface area contributed by atoms with Gasteiger partial charge in [-0.3, -0.25) is 9.78 Å². The molecule has 0 aliphatic heterocycles. The number of carbonyl (C=O) groups is 1. The highest BCUT2D eigenvalue weighted by Gasteiger charge is 2.22. The van der Waals surface area contributed by atoms with E-state index < -0.39 is 21.5 Å². The summed E-state index contributed by atoms with van der Waals surface area (Å²) in [6.07, 6.45) is 3.96. The Kier molecular flexibility index (Phi) is 8.73. The van der Waals surface area contributed by atoms with Gasteiger partial charge < -0.3 is 4.90 Å². The number of aromatic nitrogens is 1. The molecule has 0 unspecified atom stereocenters. The van der Waals surface area contributed by atoms with E-state index in [9.17, 15) is 13.2 Å². The lowest BCUT2D eigenvalue weighted by Gasteiger charge is -2.23. The second-order valence-electron chi connectivity index (χ2n) is 6.62. The average Bonchev–Trinajstić information content (AvgIpc) is 2.65. The Bertz CT molecular complexity index is 890. The molecule has 0 fully saturated rings. The van der Waals surface area contributed by atoms with Gasteiger partial charge in [-0.15, -0.1) is 0 Å². The van der Waals surface area contributed by atoms with Gasteiger partial charge in [-0.25, -0.2) is 8.42 Å². The third-order valence-electron chi connectivity index (χ3n) is 4.19. The van der Waals surface area contributed by atoms with E-state index in [1.165, 1.54) is 4.90 Å². The molecule has 0 saturated heterocycles. The number of pyridine rings is 1. The van der Waals surface area contributed by atoms with Gasteiger partial charge in [-0.2, -0.15) is 0 Å². The Morgan fingerprint density at radius 3 is 2.50 bits per heavy atom. The van der Waals surface area contributed by atoms with Crippen LogP contribution in [-0.4, -0.2) is 35.7 Å².